The number of primary amides is 1. The van der Waals surface area contributed by atoms with E-state index in [9.17, 15) is 9.59 Å². The first-order valence-electron chi connectivity index (χ1n) is 7.76. The number of hydrogen-bond donors (Lipinski definition) is 1. The van der Waals surface area contributed by atoms with Crippen molar-refractivity contribution in [3.63, 3.8) is 0 Å². The van der Waals surface area contributed by atoms with E-state index in [-0.39, 0.29) is 18.4 Å². The first-order chi connectivity index (χ1) is 11.6. The molecule has 2 amide bonds. The van der Waals surface area contributed by atoms with Crippen molar-refractivity contribution in [2.24, 2.45) is 5.73 Å². The Morgan fingerprint density at radius 2 is 2.12 bits per heavy atom. The molecule has 6 nitrogen and oxygen atoms in total. The minimum absolute atomic E-state index is 0.101. The molecule has 1 fully saturated rings. The molecule has 1 aromatic heterocycles. The van der Waals surface area contributed by atoms with E-state index in [1.165, 1.54) is 11.3 Å². The van der Waals surface area contributed by atoms with Crippen LogP contribution in [0.15, 0.2) is 30.3 Å². The molecule has 0 spiro atoms. The molecule has 2 heterocycles. The number of thiazole rings is 1. The van der Waals surface area contributed by atoms with Gasteiger partial charge in [-0.1, -0.05) is 30.3 Å². The lowest BCUT2D eigenvalue weighted by atomic mass is 10.1. The third kappa shape index (κ3) is 3.47. The van der Waals surface area contributed by atoms with E-state index >= 15 is 0 Å². The van der Waals surface area contributed by atoms with Crippen LogP contribution in [0.3, 0.4) is 0 Å². The van der Waals surface area contributed by atoms with Gasteiger partial charge in [-0.3, -0.25) is 9.59 Å². The predicted octanol–water partition coefficient (Wildman–Crippen LogP) is 1.83. The van der Waals surface area contributed by atoms with E-state index in [2.05, 4.69) is 4.98 Å². The van der Waals surface area contributed by atoms with Gasteiger partial charge in [-0.25, -0.2) is 4.98 Å². The van der Waals surface area contributed by atoms with Crippen molar-refractivity contribution in [2.45, 2.75) is 19.4 Å². The molecule has 126 valence electrons. The number of rotatable bonds is 4. The van der Waals surface area contributed by atoms with E-state index in [4.69, 9.17) is 10.5 Å². The highest BCUT2D eigenvalue weighted by Gasteiger charge is 2.32. The molecule has 1 aliphatic heterocycles. The number of nitrogens with two attached hydrogens (primary N) is 1. The molecule has 24 heavy (non-hydrogen) atoms. The molecular weight excluding hydrogens is 326 g/mol. The standard InChI is InChI=1S/C17H19N3O3S/c1-11-19-15(12-5-3-2-4-6-12)16(24-11)17(22)20-7-8-23-10-13(20)9-14(18)21/h2-6,13H,7-10H2,1H3,(H2,18,21)/t13-/m0/s1. The normalized spacial score (nSPS) is 17.7. The first kappa shape index (κ1) is 16.6. The van der Waals surface area contributed by atoms with Crippen LogP contribution in [0, 0.1) is 6.92 Å². The molecule has 1 aliphatic rings. The highest BCUT2D eigenvalue weighted by molar-refractivity contribution is 7.14. The fourth-order valence-electron chi connectivity index (χ4n) is 2.82. The summed E-state index contributed by atoms with van der Waals surface area (Å²) in [7, 11) is 0. The monoisotopic (exact) mass is 345 g/mol. The van der Waals surface area contributed by atoms with Crippen molar-refractivity contribution in [1.82, 2.24) is 9.88 Å². The van der Waals surface area contributed by atoms with Crippen LogP contribution in [0.2, 0.25) is 0 Å². The number of carbonyl (C=O) groups excluding carboxylic acids is 2. The van der Waals surface area contributed by atoms with Crippen LogP contribution in [0.1, 0.15) is 21.1 Å². The molecule has 2 N–H and O–H groups in total. The van der Waals surface area contributed by atoms with Crippen LogP contribution >= 0.6 is 11.3 Å². The molecule has 7 heteroatoms. The van der Waals surface area contributed by atoms with E-state index in [0.29, 0.717) is 30.3 Å². The molecule has 1 aromatic carbocycles. The topological polar surface area (TPSA) is 85.5 Å². The number of amides is 2. The maximum Gasteiger partial charge on any atom is 0.266 e. The number of benzene rings is 1. The Labute approximate surface area is 144 Å². The first-order valence-corrected chi connectivity index (χ1v) is 8.57. The van der Waals surface area contributed by atoms with Crippen LogP contribution in [0.5, 0.6) is 0 Å². The predicted molar refractivity (Wildman–Crippen MR) is 91.7 cm³/mol. The van der Waals surface area contributed by atoms with Crippen LogP contribution < -0.4 is 5.73 Å². The van der Waals surface area contributed by atoms with Gasteiger partial charge in [-0.2, -0.15) is 0 Å². The average molecular weight is 345 g/mol. The summed E-state index contributed by atoms with van der Waals surface area (Å²) in [5.74, 6) is -0.555. The zero-order valence-corrected chi connectivity index (χ0v) is 14.2. The van der Waals surface area contributed by atoms with Crippen LogP contribution in [-0.4, -0.2) is 47.5 Å². The van der Waals surface area contributed by atoms with E-state index in [1.54, 1.807) is 4.90 Å². The maximum atomic E-state index is 13.1. The highest BCUT2D eigenvalue weighted by Crippen LogP contribution is 2.30. The number of aryl methyl sites for hydroxylation is 1. The van der Waals surface area contributed by atoms with Gasteiger partial charge in [0.05, 0.1) is 30.0 Å². The molecular formula is C17H19N3O3S. The van der Waals surface area contributed by atoms with Gasteiger partial charge in [-0.05, 0) is 6.92 Å². The number of ether oxygens (including phenoxy) is 1. The van der Waals surface area contributed by atoms with Crippen molar-refractivity contribution < 1.29 is 14.3 Å². The SMILES string of the molecule is Cc1nc(-c2ccccc2)c(C(=O)N2CCOC[C@@H]2CC(N)=O)s1. The van der Waals surface area contributed by atoms with Gasteiger partial charge in [0.15, 0.2) is 0 Å². The quantitative estimate of drug-likeness (QED) is 0.916. The molecule has 0 saturated carbocycles. The Balaban J connectivity index is 1.93. The van der Waals surface area contributed by atoms with Crippen molar-refractivity contribution in [2.75, 3.05) is 19.8 Å². The van der Waals surface area contributed by atoms with Crippen molar-refractivity contribution in [3.8, 4) is 11.3 Å². The van der Waals surface area contributed by atoms with Gasteiger partial charge in [0, 0.05) is 18.5 Å². The molecule has 1 atom stereocenters. The Morgan fingerprint density at radius 1 is 1.38 bits per heavy atom. The number of carbonyl (C=O) groups is 2. The second-order valence-corrected chi connectivity index (χ2v) is 6.88. The van der Waals surface area contributed by atoms with Gasteiger partial charge in [0.25, 0.3) is 5.91 Å². The fourth-order valence-corrected chi connectivity index (χ4v) is 3.71. The molecule has 2 aromatic rings. The van der Waals surface area contributed by atoms with Crippen molar-refractivity contribution in [1.29, 1.82) is 0 Å². The Morgan fingerprint density at radius 3 is 2.83 bits per heavy atom. The van der Waals surface area contributed by atoms with E-state index < -0.39 is 5.91 Å². The Hall–Kier alpha value is -2.25. The molecule has 1 saturated heterocycles. The van der Waals surface area contributed by atoms with Gasteiger partial charge in [0.2, 0.25) is 5.91 Å². The lowest BCUT2D eigenvalue weighted by Crippen LogP contribution is -2.50. The number of aromatic nitrogens is 1. The summed E-state index contributed by atoms with van der Waals surface area (Å²) in [6, 6.07) is 9.31. The van der Waals surface area contributed by atoms with Crippen LogP contribution in [-0.2, 0) is 9.53 Å². The minimum atomic E-state index is -0.438. The number of morpholine rings is 1. The fraction of sp³-hybridized carbons (Fsp3) is 0.353. The summed E-state index contributed by atoms with van der Waals surface area (Å²) in [4.78, 5) is 31.2. The maximum absolute atomic E-state index is 13.1. The number of hydrogen-bond acceptors (Lipinski definition) is 5. The largest absolute Gasteiger partial charge is 0.377 e. The zero-order valence-electron chi connectivity index (χ0n) is 13.4. The molecule has 0 aliphatic carbocycles. The minimum Gasteiger partial charge on any atom is -0.377 e. The summed E-state index contributed by atoms with van der Waals surface area (Å²) < 4.78 is 5.41. The van der Waals surface area contributed by atoms with Crippen molar-refractivity contribution in [3.05, 3.63) is 40.2 Å². The van der Waals surface area contributed by atoms with E-state index in [1.807, 2.05) is 37.3 Å². The summed E-state index contributed by atoms with van der Waals surface area (Å²) >= 11 is 1.37. The molecule has 3 rings (SSSR count). The van der Waals surface area contributed by atoms with Crippen molar-refractivity contribution >= 4 is 23.2 Å². The van der Waals surface area contributed by atoms with Gasteiger partial charge >= 0.3 is 0 Å². The average Bonchev–Trinajstić information content (AvgIpc) is 2.97. The molecule has 0 radical (unpaired) electrons. The Kier molecular flexibility index (Phi) is 4.92. The molecule has 0 unspecified atom stereocenters. The Bertz CT molecular complexity index is 745. The highest BCUT2D eigenvalue weighted by atomic mass is 32.1. The van der Waals surface area contributed by atoms with E-state index in [0.717, 1.165) is 10.6 Å². The molecule has 0 bridgehead atoms. The van der Waals surface area contributed by atoms with Gasteiger partial charge in [0.1, 0.15) is 4.88 Å². The lowest BCUT2D eigenvalue weighted by Gasteiger charge is -2.34. The smallest absolute Gasteiger partial charge is 0.266 e. The number of nitrogens with zero attached hydrogens (tertiary/aromatic N) is 2. The summed E-state index contributed by atoms with van der Waals surface area (Å²) in [5, 5.41) is 0.830. The second-order valence-electron chi connectivity index (χ2n) is 5.67. The van der Waals surface area contributed by atoms with Crippen LogP contribution in [0.25, 0.3) is 11.3 Å². The lowest BCUT2D eigenvalue weighted by molar-refractivity contribution is -0.120. The summed E-state index contributed by atoms with van der Waals surface area (Å²) in [6.07, 6.45) is 0.101. The van der Waals surface area contributed by atoms with Gasteiger partial charge in [-0.15, -0.1) is 11.3 Å². The third-order valence-corrected chi connectivity index (χ3v) is 4.86. The zero-order chi connectivity index (χ0) is 17.1. The summed E-state index contributed by atoms with van der Waals surface area (Å²) in [5.41, 5.74) is 6.90. The van der Waals surface area contributed by atoms with Crippen LogP contribution in [0.4, 0.5) is 0 Å². The summed E-state index contributed by atoms with van der Waals surface area (Å²) in [6.45, 7) is 3.11. The second kappa shape index (κ2) is 7.11. The third-order valence-electron chi connectivity index (χ3n) is 3.90. The van der Waals surface area contributed by atoms with Gasteiger partial charge < -0.3 is 15.4 Å².